The summed E-state index contributed by atoms with van der Waals surface area (Å²) in [5.41, 5.74) is 3.50. The molecule has 0 aliphatic carbocycles. The maximum Gasteiger partial charge on any atom is 0.171 e. The van der Waals surface area contributed by atoms with Crippen molar-refractivity contribution in [3.63, 3.8) is 0 Å². The minimum atomic E-state index is 0.157. The summed E-state index contributed by atoms with van der Waals surface area (Å²) in [6.45, 7) is 8.75. The van der Waals surface area contributed by atoms with Crippen LogP contribution in [0.2, 0.25) is 0 Å². The summed E-state index contributed by atoms with van der Waals surface area (Å²) in [6, 6.07) is 18.8. The Balaban J connectivity index is 2.16. The van der Waals surface area contributed by atoms with Gasteiger partial charge in [0.05, 0.1) is 0 Å². The number of rotatable bonds is 3. The number of hydrogen-bond acceptors (Lipinski definition) is 1. The van der Waals surface area contributed by atoms with Crippen LogP contribution in [0.25, 0.3) is 11.1 Å². The molecule has 3 heteroatoms. The van der Waals surface area contributed by atoms with E-state index in [1.165, 1.54) is 5.56 Å². The zero-order valence-electron chi connectivity index (χ0n) is 13.7. The Hall–Kier alpha value is -1.87. The molecule has 0 radical (unpaired) electrons. The van der Waals surface area contributed by atoms with Crippen molar-refractivity contribution in [1.82, 2.24) is 5.32 Å². The molecule has 0 aliphatic heterocycles. The van der Waals surface area contributed by atoms with Crippen LogP contribution in [0.15, 0.2) is 54.6 Å². The SMILES string of the molecule is CC(NC(=S)Nc1ccccc1-c1ccccc1)C(C)(C)C. The van der Waals surface area contributed by atoms with E-state index in [1.807, 2.05) is 30.3 Å². The van der Waals surface area contributed by atoms with Crippen molar-refractivity contribution in [2.75, 3.05) is 5.32 Å². The van der Waals surface area contributed by atoms with Crippen LogP contribution >= 0.6 is 12.2 Å². The van der Waals surface area contributed by atoms with Gasteiger partial charge in [-0.1, -0.05) is 69.3 Å². The van der Waals surface area contributed by atoms with Gasteiger partial charge in [0.2, 0.25) is 0 Å². The number of thiocarbonyl (C=S) groups is 1. The highest BCUT2D eigenvalue weighted by Gasteiger charge is 2.20. The molecule has 0 aromatic heterocycles. The second-order valence-electron chi connectivity index (χ2n) is 6.60. The quantitative estimate of drug-likeness (QED) is 0.773. The number of para-hydroxylation sites is 1. The zero-order valence-corrected chi connectivity index (χ0v) is 14.5. The normalized spacial score (nSPS) is 12.5. The van der Waals surface area contributed by atoms with Crippen molar-refractivity contribution in [1.29, 1.82) is 0 Å². The molecule has 1 unspecified atom stereocenters. The van der Waals surface area contributed by atoms with E-state index in [2.05, 4.69) is 62.6 Å². The van der Waals surface area contributed by atoms with Crippen LogP contribution in [0, 0.1) is 5.41 Å². The molecule has 116 valence electrons. The topological polar surface area (TPSA) is 24.1 Å². The van der Waals surface area contributed by atoms with Crippen LogP contribution in [-0.4, -0.2) is 11.2 Å². The highest BCUT2D eigenvalue weighted by atomic mass is 32.1. The molecule has 0 aliphatic rings. The summed E-state index contributed by atoms with van der Waals surface area (Å²) in [5.74, 6) is 0. The third-order valence-corrected chi connectivity index (χ3v) is 4.13. The molecule has 2 aromatic carbocycles. The van der Waals surface area contributed by atoms with E-state index in [0.717, 1.165) is 11.3 Å². The van der Waals surface area contributed by atoms with Gasteiger partial charge in [-0.25, -0.2) is 0 Å². The van der Waals surface area contributed by atoms with Gasteiger partial charge in [0.25, 0.3) is 0 Å². The molecule has 2 aromatic rings. The summed E-state index contributed by atoms with van der Waals surface area (Å²) in [5, 5.41) is 7.36. The summed E-state index contributed by atoms with van der Waals surface area (Å²) >= 11 is 5.47. The van der Waals surface area contributed by atoms with Gasteiger partial charge in [-0.3, -0.25) is 0 Å². The highest BCUT2D eigenvalue weighted by Crippen LogP contribution is 2.27. The average Bonchev–Trinajstić information content (AvgIpc) is 2.47. The van der Waals surface area contributed by atoms with Crippen molar-refractivity contribution in [2.24, 2.45) is 5.41 Å². The third-order valence-electron chi connectivity index (χ3n) is 3.91. The van der Waals surface area contributed by atoms with E-state index < -0.39 is 0 Å². The van der Waals surface area contributed by atoms with Crippen LogP contribution in [0.3, 0.4) is 0 Å². The molecule has 0 amide bonds. The largest absolute Gasteiger partial charge is 0.359 e. The summed E-state index contributed by atoms with van der Waals surface area (Å²) in [6.07, 6.45) is 0. The molecule has 22 heavy (non-hydrogen) atoms. The summed E-state index contributed by atoms with van der Waals surface area (Å²) in [4.78, 5) is 0. The zero-order chi connectivity index (χ0) is 16.2. The van der Waals surface area contributed by atoms with Crippen LogP contribution in [0.1, 0.15) is 27.7 Å². The minimum absolute atomic E-state index is 0.157. The lowest BCUT2D eigenvalue weighted by molar-refractivity contribution is 0.317. The molecular weight excluding hydrogens is 288 g/mol. The van der Waals surface area contributed by atoms with Crippen molar-refractivity contribution in [3.05, 3.63) is 54.6 Å². The predicted molar refractivity (Wildman–Crippen MR) is 100 cm³/mol. The Morgan fingerprint density at radius 1 is 0.955 bits per heavy atom. The van der Waals surface area contributed by atoms with Gasteiger partial charge >= 0.3 is 0 Å². The van der Waals surface area contributed by atoms with Gasteiger partial charge in [-0.05, 0) is 36.2 Å². The molecule has 2 rings (SSSR count). The van der Waals surface area contributed by atoms with Gasteiger partial charge < -0.3 is 10.6 Å². The first-order valence-corrected chi connectivity index (χ1v) is 8.01. The van der Waals surface area contributed by atoms with E-state index in [9.17, 15) is 0 Å². The number of nitrogens with one attached hydrogen (secondary N) is 2. The molecule has 0 spiro atoms. The Labute approximate surface area is 139 Å². The first-order valence-electron chi connectivity index (χ1n) is 7.60. The monoisotopic (exact) mass is 312 g/mol. The Kier molecular flexibility index (Phi) is 5.19. The van der Waals surface area contributed by atoms with Gasteiger partial charge in [0, 0.05) is 17.3 Å². The Morgan fingerprint density at radius 3 is 2.18 bits per heavy atom. The number of hydrogen-bond donors (Lipinski definition) is 2. The lowest BCUT2D eigenvalue weighted by Crippen LogP contribution is -2.43. The highest BCUT2D eigenvalue weighted by molar-refractivity contribution is 7.80. The fourth-order valence-electron chi connectivity index (χ4n) is 2.03. The average molecular weight is 312 g/mol. The van der Waals surface area contributed by atoms with Gasteiger partial charge in [-0.2, -0.15) is 0 Å². The van der Waals surface area contributed by atoms with Crippen molar-refractivity contribution < 1.29 is 0 Å². The molecule has 0 saturated heterocycles. The standard InChI is InChI=1S/C19H24N2S/c1-14(19(2,3)4)20-18(22)21-17-13-9-8-12-16(17)15-10-6-5-7-11-15/h5-14H,1-4H3,(H2,20,21,22). The van der Waals surface area contributed by atoms with E-state index >= 15 is 0 Å². The van der Waals surface area contributed by atoms with Crippen LogP contribution in [0.5, 0.6) is 0 Å². The van der Waals surface area contributed by atoms with Crippen molar-refractivity contribution in [2.45, 2.75) is 33.7 Å². The van der Waals surface area contributed by atoms with E-state index in [1.54, 1.807) is 0 Å². The molecule has 0 fully saturated rings. The Morgan fingerprint density at radius 2 is 1.55 bits per heavy atom. The molecule has 2 N–H and O–H groups in total. The first-order chi connectivity index (χ1) is 10.4. The maximum absolute atomic E-state index is 5.47. The van der Waals surface area contributed by atoms with Crippen LogP contribution < -0.4 is 10.6 Å². The second-order valence-corrected chi connectivity index (χ2v) is 7.01. The molecule has 0 heterocycles. The predicted octanol–water partition coefficient (Wildman–Crippen LogP) is 5.07. The number of anilines is 1. The fraction of sp³-hybridized carbons (Fsp3) is 0.316. The minimum Gasteiger partial charge on any atom is -0.359 e. The van der Waals surface area contributed by atoms with E-state index in [0.29, 0.717) is 5.11 Å². The Bertz CT molecular complexity index is 629. The van der Waals surface area contributed by atoms with E-state index in [4.69, 9.17) is 12.2 Å². The van der Waals surface area contributed by atoms with Crippen LogP contribution in [-0.2, 0) is 0 Å². The summed E-state index contributed by atoms with van der Waals surface area (Å²) in [7, 11) is 0. The lowest BCUT2D eigenvalue weighted by atomic mass is 9.88. The molecular formula is C19H24N2S. The van der Waals surface area contributed by atoms with Gasteiger partial charge in [0.15, 0.2) is 5.11 Å². The lowest BCUT2D eigenvalue weighted by Gasteiger charge is -2.29. The molecule has 2 nitrogen and oxygen atoms in total. The summed E-state index contributed by atoms with van der Waals surface area (Å²) < 4.78 is 0. The van der Waals surface area contributed by atoms with Gasteiger partial charge in [-0.15, -0.1) is 0 Å². The maximum atomic E-state index is 5.47. The third kappa shape index (κ3) is 4.31. The smallest absolute Gasteiger partial charge is 0.171 e. The second kappa shape index (κ2) is 6.93. The van der Waals surface area contributed by atoms with E-state index in [-0.39, 0.29) is 11.5 Å². The fourth-order valence-corrected chi connectivity index (χ4v) is 2.32. The molecule has 0 bridgehead atoms. The number of benzene rings is 2. The van der Waals surface area contributed by atoms with Crippen molar-refractivity contribution >= 4 is 23.0 Å². The first kappa shape index (κ1) is 16.5. The van der Waals surface area contributed by atoms with Crippen LogP contribution in [0.4, 0.5) is 5.69 Å². The molecule has 0 saturated carbocycles. The molecule has 1 atom stereocenters. The van der Waals surface area contributed by atoms with Crippen molar-refractivity contribution in [3.8, 4) is 11.1 Å². The van der Waals surface area contributed by atoms with Gasteiger partial charge in [0.1, 0.15) is 0 Å².